The molecule has 3 fully saturated rings. The Hall–Kier alpha value is -3.23. The van der Waals surface area contributed by atoms with E-state index in [-0.39, 0.29) is 53.6 Å². The maximum absolute atomic E-state index is 12.8. The number of benzene rings is 1. The third-order valence-electron chi connectivity index (χ3n) is 6.91. The van der Waals surface area contributed by atoms with Crippen molar-refractivity contribution in [3.8, 4) is 0 Å². The first-order chi connectivity index (χ1) is 14.4. The summed E-state index contributed by atoms with van der Waals surface area (Å²) in [4.78, 5) is 53.6. The van der Waals surface area contributed by atoms with E-state index in [0.717, 1.165) is 12.1 Å². The summed E-state index contributed by atoms with van der Waals surface area (Å²) in [5, 5.41) is 10.8. The fourth-order valence-electron chi connectivity index (χ4n) is 5.35. The summed E-state index contributed by atoms with van der Waals surface area (Å²) in [6.07, 6.45) is 4.96. The van der Waals surface area contributed by atoms with Crippen LogP contribution in [0.1, 0.15) is 6.42 Å². The summed E-state index contributed by atoms with van der Waals surface area (Å²) in [7, 11) is 0. The summed E-state index contributed by atoms with van der Waals surface area (Å²) in [5.74, 6) is -0.873. The van der Waals surface area contributed by atoms with Gasteiger partial charge in [-0.3, -0.25) is 29.4 Å². The molecule has 2 heterocycles. The monoisotopic (exact) mass is 410 g/mol. The van der Waals surface area contributed by atoms with E-state index in [4.69, 9.17) is 0 Å². The normalized spacial score (nSPS) is 29.7. The Morgan fingerprint density at radius 3 is 2.07 bits per heavy atom. The maximum Gasteiger partial charge on any atom is 0.269 e. The Morgan fingerprint density at radius 1 is 0.967 bits per heavy atom. The van der Waals surface area contributed by atoms with Crippen LogP contribution in [0.2, 0.25) is 0 Å². The van der Waals surface area contributed by atoms with Gasteiger partial charge >= 0.3 is 0 Å². The number of rotatable bonds is 4. The quantitative estimate of drug-likeness (QED) is 0.318. The molecule has 30 heavy (non-hydrogen) atoms. The molecule has 2 aliphatic carbocycles. The second kappa shape index (κ2) is 6.93. The first kappa shape index (κ1) is 18.8. The molecule has 2 aliphatic heterocycles. The van der Waals surface area contributed by atoms with Gasteiger partial charge in [-0.15, -0.1) is 0 Å². The zero-order chi connectivity index (χ0) is 21.0. The summed E-state index contributed by atoms with van der Waals surface area (Å²) in [6.45, 7) is 1.95. The van der Waals surface area contributed by atoms with Crippen LogP contribution < -0.4 is 4.90 Å². The van der Waals surface area contributed by atoms with Gasteiger partial charge in [-0.05, 0) is 30.4 Å². The number of imide groups is 1. The van der Waals surface area contributed by atoms with Crippen LogP contribution in [0.4, 0.5) is 11.4 Å². The van der Waals surface area contributed by atoms with Crippen LogP contribution in [-0.2, 0) is 14.4 Å². The minimum atomic E-state index is -0.434. The Balaban J connectivity index is 1.18. The van der Waals surface area contributed by atoms with E-state index in [0.29, 0.717) is 26.2 Å². The van der Waals surface area contributed by atoms with Gasteiger partial charge in [0.05, 0.1) is 16.8 Å². The van der Waals surface area contributed by atoms with Crippen molar-refractivity contribution in [2.24, 2.45) is 23.7 Å². The lowest BCUT2D eigenvalue weighted by atomic mass is 9.85. The molecule has 1 aromatic carbocycles. The predicted octanol–water partition coefficient (Wildman–Crippen LogP) is 1.05. The lowest BCUT2D eigenvalue weighted by Gasteiger charge is -2.36. The Bertz CT molecular complexity index is 921. The second-order valence-corrected chi connectivity index (χ2v) is 8.40. The van der Waals surface area contributed by atoms with Gasteiger partial charge in [-0.1, -0.05) is 12.2 Å². The van der Waals surface area contributed by atoms with Crippen molar-refractivity contribution in [2.75, 3.05) is 37.6 Å². The highest BCUT2D eigenvalue weighted by Gasteiger charge is 2.59. The number of hydrogen-bond donors (Lipinski definition) is 0. The highest BCUT2D eigenvalue weighted by Crippen LogP contribution is 2.52. The molecule has 5 rings (SSSR count). The van der Waals surface area contributed by atoms with Crippen molar-refractivity contribution < 1.29 is 19.3 Å². The molecule has 0 aromatic heterocycles. The minimum absolute atomic E-state index is 0.0425. The van der Waals surface area contributed by atoms with E-state index in [1.54, 1.807) is 17.0 Å². The number of nitro groups is 1. The van der Waals surface area contributed by atoms with Crippen molar-refractivity contribution in [1.82, 2.24) is 9.80 Å². The molecule has 156 valence electrons. The Labute approximate surface area is 173 Å². The predicted molar refractivity (Wildman–Crippen MR) is 106 cm³/mol. The molecular weight excluding hydrogens is 388 g/mol. The third-order valence-corrected chi connectivity index (χ3v) is 6.91. The number of likely N-dealkylation sites (tertiary alicyclic amines) is 1. The molecule has 0 radical (unpaired) electrons. The van der Waals surface area contributed by atoms with E-state index >= 15 is 0 Å². The summed E-state index contributed by atoms with van der Waals surface area (Å²) in [5.41, 5.74) is 0.911. The Morgan fingerprint density at radius 2 is 1.53 bits per heavy atom. The average molecular weight is 410 g/mol. The van der Waals surface area contributed by atoms with Crippen LogP contribution in [0.5, 0.6) is 0 Å². The van der Waals surface area contributed by atoms with Gasteiger partial charge in [0.15, 0.2) is 0 Å². The van der Waals surface area contributed by atoms with E-state index in [9.17, 15) is 24.5 Å². The van der Waals surface area contributed by atoms with Crippen molar-refractivity contribution in [3.05, 3.63) is 46.5 Å². The van der Waals surface area contributed by atoms with Crippen LogP contribution in [0.3, 0.4) is 0 Å². The number of carbonyl (C=O) groups excluding carboxylic acids is 3. The first-order valence-electron chi connectivity index (χ1n) is 10.2. The number of amides is 3. The Kier molecular flexibility index (Phi) is 4.34. The molecule has 0 unspecified atom stereocenters. The number of nitro benzene ring substituents is 1. The van der Waals surface area contributed by atoms with Crippen LogP contribution >= 0.6 is 0 Å². The second-order valence-electron chi connectivity index (χ2n) is 8.40. The highest BCUT2D eigenvalue weighted by molar-refractivity contribution is 6.08. The molecule has 0 N–H and O–H groups in total. The van der Waals surface area contributed by atoms with Crippen LogP contribution in [0.15, 0.2) is 36.4 Å². The molecule has 1 saturated carbocycles. The van der Waals surface area contributed by atoms with Gasteiger partial charge in [0.1, 0.15) is 6.54 Å². The number of fused-ring (bicyclic) bond motifs is 5. The summed E-state index contributed by atoms with van der Waals surface area (Å²) < 4.78 is 0. The van der Waals surface area contributed by atoms with Gasteiger partial charge in [-0.2, -0.15) is 0 Å². The van der Waals surface area contributed by atoms with Crippen LogP contribution in [0.25, 0.3) is 0 Å². The molecular formula is C21H22N4O5. The SMILES string of the molecule is O=C(CN1C(=O)[C@@H]2[C@H](C1=O)[C@H]1C=C[C@H]2C1)N1CCN(c2ccc([N+](=O)[O-])cc2)CC1. The maximum atomic E-state index is 12.8. The number of carbonyl (C=O) groups is 3. The number of non-ortho nitro benzene ring substituents is 1. The molecule has 4 atom stereocenters. The number of anilines is 1. The van der Waals surface area contributed by atoms with Crippen molar-refractivity contribution in [1.29, 1.82) is 0 Å². The smallest absolute Gasteiger partial charge is 0.269 e. The van der Waals surface area contributed by atoms with Gasteiger partial charge in [0.25, 0.3) is 5.69 Å². The van der Waals surface area contributed by atoms with Crippen LogP contribution in [0, 0.1) is 33.8 Å². The third kappa shape index (κ3) is 2.88. The molecule has 2 saturated heterocycles. The summed E-state index contributed by atoms with van der Waals surface area (Å²) >= 11 is 0. The minimum Gasteiger partial charge on any atom is -0.368 e. The molecule has 3 amide bonds. The molecule has 9 nitrogen and oxygen atoms in total. The topological polar surface area (TPSA) is 104 Å². The first-order valence-corrected chi connectivity index (χ1v) is 10.2. The lowest BCUT2D eigenvalue weighted by molar-refractivity contribution is -0.384. The average Bonchev–Trinajstić information content (AvgIpc) is 3.44. The highest BCUT2D eigenvalue weighted by atomic mass is 16.6. The fraction of sp³-hybridized carbons (Fsp3) is 0.476. The van der Waals surface area contributed by atoms with E-state index in [1.807, 2.05) is 12.2 Å². The van der Waals surface area contributed by atoms with Crippen molar-refractivity contribution in [2.45, 2.75) is 6.42 Å². The van der Waals surface area contributed by atoms with Crippen molar-refractivity contribution >= 4 is 29.1 Å². The zero-order valence-electron chi connectivity index (χ0n) is 16.3. The van der Waals surface area contributed by atoms with Gasteiger partial charge in [0, 0.05) is 44.0 Å². The number of nitrogens with zero attached hydrogens (tertiary/aromatic N) is 4. The largest absolute Gasteiger partial charge is 0.368 e. The number of piperazine rings is 1. The number of allylic oxidation sites excluding steroid dienone is 2. The fourth-order valence-corrected chi connectivity index (χ4v) is 5.35. The van der Waals surface area contributed by atoms with E-state index in [2.05, 4.69) is 4.90 Å². The molecule has 0 spiro atoms. The number of hydrogen-bond acceptors (Lipinski definition) is 6. The zero-order valence-corrected chi connectivity index (χ0v) is 16.3. The standard InChI is InChI=1S/C21H22N4O5/c26-17(12-24-20(27)18-13-1-2-14(11-13)19(18)21(24)28)23-9-7-22(8-10-23)15-3-5-16(6-4-15)25(29)30/h1-6,13-14,18-19H,7-12H2/t13-,14-,18-,19+/m0/s1. The van der Waals surface area contributed by atoms with Gasteiger partial charge in [0.2, 0.25) is 17.7 Å². The molecule has 1 aromatic rings. The molecule has 4 aliphatic rings. The van der Waals surface area contributed by atoms with Crippen LogP contribution in [-0.4, -0.2) is 65.2 Å². The lowest BCUT2D eigenvalue weighted by Crippen LogP contribution is -2.52. The van der Waals surface area contributed by atoms with E-state index < -0.39 is 4.92 Å². The van der Waals surface area contributed by atoms with E-state index in [1.165, 1.54) is 17.0 Å². The summed E-state index contributed by atoms with van der Waals surface area (Å²) in [6, 6.07) is 6.35. The van der Waals surface area contributed by atoms with Crippen molar-refractivity contribution in [3.63, 3.8) is 0 Å². The van der Waals surface area contributed by atoms with Gasteiger partial charge < -0.3 is 9.80 Å². The molecule has 9 heteroatoms. The van der Waals surface area contributed by atoms with Gasteiger partial charge in [-0.25, -0.2) is 0 Å². The molecule has 2 bridgehead atoms.